The first-order valence-corrected chi connectivity index (χ1v) is 5.87. The average Bonchev–Trinajstić information content (AvgIpc) is 2.70. The van der Waals surface area contributed by atoms with Crippen LogP contribution in [0.15, 0.2) is 18.2 Å². The molecule has 0 bridgehead atoms. The Balaban J connectivity index is 2.11. The van der Waals surface area contributed by atoms with Crippen LogP contribution in [0.5, 0.6) is 0 Å². The number of hydrogen-bond acceptors (Lipinski definition) is 4. The summed E-state index contributed by atoms with van der Waals surface area (Å²) in [4.78, 5) is 4.41. The smallest absolute Gasteiger partial charge is 0.243 e. The Morgan fingerprint density at radius 3 is 3.00 bits per heavy atom. The molecule has 0 saturated carbocycles. The molecule has 2 aromatic rings. The summed E-state index contributed by atoms with van der Waals surface area (Å²) in [5.41, 5.74) is 1.93. The highest BCUT2D eigenvalue weighted by molar-refractivity contribution is 5.44. The van der Waals surface area contributed by atoms with Crippen LogP contribution in [0.4, 0.5) is 5.95 Å². The van der Waals surface area contributed by atoms with E-state index in [1.54, 1.807) is 0 Å². The van der Waals surface area contributed by atoms with Crippen molar-refractivity contribution in [2.45, 2.75) is 26.8 Å². The highest BCUT2D eigenvalue weighted by atomic mass is 16.5. The molecule has 5 heteroatoms. The van der Waals surface area contributed by atoms with Gasteiger partial charge in [-0.2, -0.15) is 4.98 Å². The number of nitrogens with zero attached hydrogens (tertiary/aromatic N) is 3. The molecule has 0 aliphatic carbocycles. The molecule has 2 rings (SSSR count). The van der Waals surface area contributed by atoms with Gasteiger partial charge < -0.3 is 10.1 Å². The van der Waals surface area contributed by atoms with Gasteiger partial charge in [0, 0.05) is 18.3 Å². The zero-order valence-electron chi connectivity index (χ0n) is 10.5. The Kier molecular flexibility index (Phi) is 3.58. The predicted octanol–water partition coefficient (Wildman–Crippen LogP) is 1.87. The van der Waals surface area contributed by atoms with Crippen LogP contribution in [0.2, 0.25) is 0 Å². The van der Waals surface area contributed by atoms with E-state index in [2.05, 4.69) is 15.4 Å². The number of rotatable bonds is 5. The van der Waals surface area contributed by atoms with Crippen molar-refractivity contribution in [1.82, 2.24) is 14.6 Å². The maximum atomic E-state index is 5.34. The minimum absolute atomic E-state index is 0.202. The largest absolute Gasteiger partial charge is 0.380 e. The zero-order chi connectivity index (χ0) is 12.3. The summed E-state index contributed by atoms with van der Waals surface area (Å²) >= 11 is 0. The summed E-state index contributed by atoms with van der Waals surface area (Å²) in [7, 11) is 0. The predicted molar refractivity (Wildman–Crippen MR) is 67.3 cm³/mol. The first-order chi connectivity index (χ1) is 8.20. The number of anilines is 1. The maximum Gasteiger partial charge on any atom is 0.243 e. The summed E-state index contributed by atoms with van der Waals surface area (Å²) in [5, 5.41) is 7.62. The molecule has 1 N–H and O–H groups in total. The first kappa shape index (κ1) is 11.9. The maximum absolute atomic E-state index is 5.34. The highest BCUT2D eigenvalue weighted by Gasteiger charge is 2.07. The normalized spacial score (nSPS) is 12.9. The van der Waals surface area contributed by atoms with E-state index in [4.69, 9.17) is 4.74 Å². The number of aromatic nitrogens is 3. The Morgan fingerprint density at radius 2 is 2.29 bits per heavy atom. The number of nitrogens with one attached hydrogen (secondary N) is 1. The molecule has 92 valence electrons. The Bertz CT molecular complexity index is 494. The number of ether oxygens (including phenoxy) is 1. The van der Waals surface area contributed by atoms with Crippen LogP contribution in [-0.2, 0) is 4.74 Å². The van der Waals surface area contributed by atoms with Crippen molar-refractivity contribution in [3.8, 4) is 0 Å². The van der Waals surface area contributed by atoms with Gasteiger partial charge in [0.2, 0.25) is 5.95 Å². The van der Waals surface area contributed by atoms with Crippen LogP contribution in [0.25, 0.3) is 5.65 Å². The number of aryl methyl sites for hydroxylation is 1. The fraction of sp³-hybridized carbons (Fsp3) is 0.500. The van der Waals surface area contributed by atoms with Crippen molar-refractivity contribution < 1.29 is 4.74 Å². The van der Waals surface area contributed by atoms with Crippen LogP contribution in [0.3, 0.4) is 0 Å². The van der Waals surface area contributed by atoms with Gasteiger partial charge in [-0.1, -0.05) is 6.07 Å². The molecule has 2 heterocycles. The summed E-state index contributed by atoms with van der Waals surface area (Å²) in [6, 6.07) is 6.13. The van der Waals surface area contributed by atoms with Crippen molar-refractivity contribution >= 4 is 11.6 Å². The Labute approximate surface area is 101 Å². The molecular weight excluding hydrogens is 216 g/mol. The van der Waals surface area contributed by atoms with E-state index >= 15 is 0 Å². The van der Waals surface area contributed by atoms with Gasteiger partial charge in [0.15, 0.2) is 5.65 Å². The fourth-order valence-corrected chi connectivity index (χ4v) is 1.65. The molecule has 0 aliphatic rings. The Hall–Kier alpha value is -1.62. The average molecular weight is 234 g/mol. The Morgan fingerprint density at radius 1 is 1.47 bits per heavy atom. The lowest BCUT2D eigenvalue weighted by Gasteiger charge is -2.11. The molecule has 1 unspecified atom stereocenters. The zero-order valence-corrected chi connectivity index (χ0v) is 10.5. The number of hydrogen-bond donors (Lipinski definition) is 1. The molecule has 0 aliphatic heterocycles. The molecule has 0 radical (unpaired) electrons. The second-order valence-corrected chi connectivity index (χ2v) is 4.08. The molecule has 0 saturated heterocycles. The second kappa shape index (κ2) is 5.14. The summed E-state index contributed by atoms with van der Waals surface area (Å²) in [5.74, 6) is 0.645. The minimum Gasteiger partial charge on any atom is -0.380 e. The van der Waals surface area contributed by atoms with Gasteiger partial charge in [0.1, 0.15) is 0 Å². The van der Waals surface area contributed by atoms with Gasteiger partial charge in [0.05, 0.1) is 6.61 Å². The fourth-order valence-electron chi connectivity index (χ4n) is 1.65. The third-order valence-corrected chi connectivity index (χ3v) is 2.50. The SMILES string of the molecule is CCOCC(C)Nc1nc2cccc(C)n2n1. The van der Waals surface area contributed by atoms with Crippen molar-refractivity contribution in [1.29, 1.82) is 0 Å². The summed E-state index contributed by atoms with van der Waals surface area (Å²) < 4.78 is 7.17. The molecule has 0 aromatic carbocycles. The van der Waals surface area contributed by atoms with Crippen LogP contribution in [-0.4, -0.2) is 33.9 Å². The quantitative estimate of drug-likeness (QED) is 0.858. The molecule has 5 nitrogen and oxygen atoms in total. The lowest BCUT2D eigenvalue weighted by atomic mass is 10.4. The van der Waals surface area contributed by atoms with E-state index in [1.165, 1.54) is 0 Å². The van der Waals surface area contributed by atoms with E-state index in [0.29, 0.717) is 12.6 Å². The van der Waals surface area contributed by atoms with Crippen LogP contribution in [0.1, 0.15) is 19.5 Å². The first-order valence-electron chi connectivity index (χ1n) is 5.87. The number of fused-ring (bicyclic) bond motifs is 1. The standard InChI is InChI=1S/C12H18N4O/c1-4-17-8-9(2)13-12-14-11-7-5-6-10(3)16(11)15-12/h5-7,9H,4,8H2,1-3H3,(H,13,15). The third kappa shape index (κ3) is 2.74. The van der Waals surface area contributed by atoms with Crippen LogP contribution in [0, 0.1) is 6.92 Å². The molecular formula is C12H18N4O. The molecule has 2 aromatic heterocycles. The summed E-state index contributed by atoms with van der Waals surface area (Å²) in [6.07, 6.45) is 0. The summed E-state index contributed by atoms with van der Waals surface area (Å²) in [6.45, 7) is 7.43. The van der Waals surface area contributed by atoms with Crippen LogP contribution >= 0.6 is 0 Å². The van der Waals surface area contributed by atoms with Gasteiger partial charge in [-0.25, -0.2) is 4.52 Å². The molecule has 0 amide bonds. The second-order valence-electron chi connectivity index (χ2n) is 4.08. The van der Waals surface area contributed by atoms with Gasteiger partial charge >= 0.3 is 0 Å². The van der Waals surface area contributed by atoms with E-state index in [1.807, 2.05) is 43.5 Å². The number of pyridine rings is 1. The van der Waals surface area contributed by atoms with E-state index in [0.717, 1.165) is 17.9 Å². The van der Waals surface area contributed by atoms with Crippen molar-refractivity contribution in [3.63, 3.8) is 0 Å². The van der Waals surface area contributed by atoms with E-state index in [-0.39, 0.29) is 6.04 Å². The van der Waals surface area contributed by atoms with Crippen molar-refractivity contribution in [3.05, 3.63) is 23.9 Å². The van der Waals surface area contributed by atoms with Crippen LogP contribution < -0.4 is 5.32 Å². The van der Waals surface area contributed by atoms with Crippen molar-refractivity contribution in [2.24, 2.45) is 0 Å². The van der Waals surface area contributed by atoms with Gasteiger partial charge in [-0.05, 0) is 32.9 Å². The van der Waals surface area contributed by atoms with Gasteiger partial charge in [-0.15, -0.1) is 5.10 Å². The minimum atomic E-state index is 0.202. The van der Waals surface area contributed by atoms with E-state index in [9.17, 15) is 0 Å². The highest BCUT2D eigenvalue weighted by Crippen LogP contribution is 2.08. The molecule has 1 atom stereocenters. The monoisotopic (exact) mass is 234 g/mol. The van der Waals surface area contributed by atoms with Gasteiger partial charge in [0.25, 0.3) is 0 Å². The topological polar surface area (TPSA) is 51.5 Å². The lowest BCUT2D eigenvalue weighted by Crippen LogP contribution is -2.22. The van der Waals surface area contributed by atoms with E-state index < -0.39 is 0 Å². The van der Waals surface area contributed by atoms with Crippen molar-refractivity contribution in [2.75, 3.05) is 18.5 Å². The third-order valence-electron chi connectivity index (χ3n) is 2.50. The molecule has 0 spiro atoms. The lowest BCUT2D eigenvalue weighted by molar-refractivity contribution is 0.141. The van der Waals surface area contributed by atoms with Gasteiger partial charge in [-0.3, -0.25) is 0 Å². The molecule has 17 heavy (non-hydrogen) atoms. The molecule has 0 fully saturated rings.